The van der Waals surface area contributed by atoms with Gasteiger partial charge in [0, 0.05) is 12.6 Å². The summed E-state index contributed by atoms with van der Waals surface area (Å²) < 4.78 is 5.67. The monoisotopic (exact) mass is 400 g/mol. The molecular weight excluding hydrogens is 364 g/mol. The van der Waals surface area contributed by atoms with Crippen molar-refractivity contribution in [2.24, 2.45) is 34.4 Å². The Hall–Kier alpha value is -1.72. The van der Waals surface area contributed by atoms with Crippen LogP contribution in [0.25, 0.3) is 0 Å². The Kier molecular flexibility index (Phi) is 7.12. The molecule has 3 N–H and O–H groups in total. The zero-order valence-corrected chi connectivity index (χ0v) is 18.0. The van der Waals surface area contributed by atoms with Crippen LogP contribution < -0.4 is 5.73 Å². The molecule has 0 aromatic carbocycles. The maximum absolute atomic E-state index is 11.4. The fourth-order valence-corrected chi connectivity index (χ4v) is 4.71. The van der Waals surface area contributed by atoms with E-state index in [1.165, 1.54) is 12.8 Å². The first kappa shape index (κ1) is 22.0. The zero-order valence-electron chi connectivity index (χ0n) is 18.0. The van der Waals surface area contributed by atoms with Gasteiger partial charge < -0.3 is 15.6 Å². The van der Waals surface area contributed by atoms with Crippen molar-refractivity contribution in [3.63, 3.8) is 0 Å². The zero-order chi connectivity index (χ0) is 21.0. The number of aliphatic hydroxyl groups is 1. The van der Waals surface area contributed by atoms with E-state index in [-0.39, 0.29) is 17.4 Å². The Morgan fingerprint density at radius 2 is 2.00 bits per heavy atom. The summed E-state index contributed by atoms with van der Waals surface area (Å²) in [4.78, 5) is 15.7. The van der Waals surface area contributed by atoms with Gasteiger partial charge in [0.15, 0.2) is 6.29 Å². The van der Waals surface area contributed by atoms with Crippen LogP contribution in [0.15, 0.2) is 40.4 Å². The summed E-state index contributed by atoms with van der Waals surface area (Å²) in [5, 5.41) is 10.2. The van der Waals surface area contributed by atoms with E-state index in [1.807, 2.05) is 33.1 Å². The summed E-state index contributed by atoms with van der Waals surface area (Å²) >= 11 is 0. The number of nitrogens with two attached hydrogens (primary N) is 1. The Morgan fingerprint density at radius 1 is 1.28 bits per heavy atom. The molecule has 0 aromatic rings. The second-order valence-corrected chi connectivity index (χ2v) is 9.74. The number of hydrogen-bond acceptors (Lipinski definition) is 4. The summed E-state index contributed by atoms with van der Waals surface area (Å²) in [5.41, 5.74) is 7.28. The number of dihydropyridines is 1. The van der Waals surface area contributed by atoms with Crippen molar-refractivity contribution < 1.29 is 14.6 Å². The van der Waals surface area contributed by atoms with Gasteiger partial charge in [-0.1, -0.05) is 24.3 Å². The summed E-state index contributed by atoms with van der Waals surface area (Å²) in [6, 6.07) is 0. The van der Waals surface area contributed by atoms with Gasteiger partial charge in [0.25, 0.3) is 0 Å². The van der Waals surface area contributed by atoms with Gasteiger partial charge in [-0.25, -0.2) is 0 Å². The molecule has 29 heavy (non-hydrogen) atoms. The number of aliphatic imine (C=N–C) groups is 1. The summed E-state index contributed by atoms with van der Waals surface area (Å²) in [5.74, 6) is 1.22. The molecule has 5 nitrogen and oxygen atoms in total. The Morgan fingerprint density at radius 3 is 2.59 bits per heavy atom. The van der Waals surface area contributed by atoms with Crippen LogP contribution >= 0.6 is 0 Å². The summed E-state index contributed by atoms with van der Waals surface area (Å²) in [6.45, 7) is 6.39. The molecule has 160 valence electrons. The third kappa shape index (κ3) is 6.38. The lowest BCUT2D eigenvalue weighted by molar-refractivity contribution is -0.175. The van der Waals surface area contributed by atoms with E-state index in [4.69, 9.17) is 10.5 Å². The highest BCUT2D eigenvalue weighted by Crippen LogP contribution is 2.39. The number of carbonyl (C=O) groups excluding carboxylic acids is 1. The number of nitrogens with zero attached hydrogens (tertiary/aromatic N) is 1. The number of aliphatic hydroxyl groups excluding tert-OH is 1. The number of rotatable bonds is 6. The third-order valence-electron chi connectivity index (χ3n) is 6.27. The molecule has 1 aliphatic heterocycles. The average Bonchev–Trinajstić information content (AvgIpc) is 2.67. The second kappa shape index (κ2) is 9.40. The topological polar surface area (TPSA) is 84.9 Å². The molecule has 3 rings (SSSR count). The van der Waals surface area contributed by atoms with Crippen molar-refractivity contribution >= 4 is 12.1 Å². The van der Waals surface area contributed by atoms with Crippen molar-refractivity contribution in [3.05, 3.63) is 35.5 Å². The van der Waals surface area contributed by atoms with E-state index in [0.29, 0.717) is 24.3 Å². The van der Waals surface area contributed by atoms with Crippen molar-refractivity contribution in [1.82, 2.24) is 0 Å². The summed E-state index contributed by atoms with van der Waals surface area (Å²) in [7, 11) is 0. The normalized spacial score (nSPS) is 31.2. The minimum atomic E-state index is -0.661. The molecule has 0 spiro atoms. The maximum atomic E-state index is 11.4. The molecule has 1 amide bonds. The standard InChI is InChI=1S/C24H36N2O3/c1-24(2,3)29-22(27)12-16-4-6-17(7-5-16)18-8-10-19(11-9-18)20-13-21(23(25)28)15-26-14-20/h8,10-11,13-14,16-18,21-22,27H,4-7,9,12,15H2,1-3H3,(H2,25,28). The Labute approximate surface area is 174 Å². The van der Waals surface area contributed by atoms with Gasteiger partial charge in [-0.2, -0.15) is 0 Å². The molecule has 3 unspecified atom stereocenters. The van der Waals surface area contributed by atoms with Gasteiger partial charge in [0.2, 0.25) is 5.91 Å². The van der Waals surface area contributed by atoms with E-state index < -0.39 is 6.29 Å². The highest BCUT2D eigenvalue weighted by atomic mass is 16.6. The van der Waals surface area contributed by atoms with E-state index in [2.05, 4.69) is 23.2 Å². The largest absolute Gasteiger partial charge is 0.369 e. The lowest BCUT2D eigenvalue weighted by Gasteiger charge is -2.35. The fraction of sp³-hybridized carbons (Fsp3) is 0.667. The Balaban J connectivity index is 1.47. The molecule has 0 saturated heterocycles. The molecule has 1 saturated carbocycles. The average molecular weight is 401 g/mol. The number of carbonyl (C=O) groups is 1. The highest BCUT2D eigenvalue weighted by Gasteiger charge is 2.29. The summed E-state index contributed by atoms with van der Waals surface area (Å²) in [6.07, 6.45) is 16.4. The fourth-order valence-electron chi connectivity index (χ4n) is 4.71. The number of hydrogen-bond donors (Lipinski definition) is 2. The van der Waals surface area contributed by atoms with E-state index in [9.17, 15) is 9.90 Å². The van der Waals surface area contributed by atoms with Crippen LogP contribution in [-0.4, -0.2) is 35.7 Å². The van der Waals surface area contributed by atoms with Crippen LogP contribution in [0, 0.1) is 23.7 Å². The quantitative estimate of drug-likeness (QED) is 0.663. The first-order chi connectivity index (χ1) is 13.7. The number of primary amides is 1. The molecule has 0 bridgehead atoms. The van der Waals surface area contributed by atoms with Crippen molar-refractivity contribution in [1.29, 1.82) is 0 Å². The lowest BCUT2D eigenvalue weighted by atomic mass is 9.72. The van der Waals surface area contributed by atoms with Gasteiger partial charge in [-0.15, -0.1) is 0 Å². The molecule has 0 aromatic heterocycles. The first-order valence-corrected chi connectivity index (χ1v) is 11.0. The van der Waals surface area contributed by atoms with Crippen LogP contribution in [0.2, 0.25) is 0 Å². The molecule has 3 aliphatic rings. The number of amides is 1. The first-order valence-electron chi connectivity index (χ1n) is 11.0. The van der Waals surface area contributed by atoms with Crippen molar-refractivity contribution in [2.75, 3.05) is 6.54 Å². The van der Waals surface area contributed by atoms with Crippen LogP contribution in [0.5, 0.6) is 0 Å². The SMILES string of the molecule is CC(C)(C)OC(O)CC1CCC(C2C=CC(C3=CC(C(N)=O)CN=C3)=CC2)CC1. The molecule has 5 heteroatoms. The van der Waals surface area contributed by atoms with E-state index in [1.54, 1.807) is 0 Å². The highest BCUT2D eigenvalue weighted by molar-refractivity contribution is 5.90. The molecule has 3 atom stereocenters. The van der Waals surface area contributed by atoms with Crippen molar-refractivity contribution in [3.8, 4) is 0 Å². The maximum Gasteiger partial charge on any atom is 0.226 e. The third-order valence-corrected chi connectivity index (χ3v) is 6.27. The number of allylic oxidation sites excluding steroid dienone is 5. The minimum Gasteiger partial charge on any atom is -0.369 e. The van der Waals surface area contributed by atoms with Gasteiger partial charge >= 0.3 is 0 Å². The predicted octanol–water partition coefficient (Wildman–Crippen LogP) is 3.93. The molecule has 1 fully saturated rings. The van der Waals surface area contributed by atoms with E-state index in [0.717, 1.165) is 36.8 Å². The Bertz CT molecular complexity index is 706. The van der Waals surface area contributed by atoms with Crippen LogP contribution in [0.3, 0.4) is 0 Å². The van der Waals surface area contributed by atoms with E-state index >= 15 is 0 Å². The van der Waals surface area contributed by atoms with Crippen molar-refractivity contribution in [2.45, 2.75) is 71.2 Å². The van der Waals surface area contributed by atoms with Crippen LogP contribution in [-0.2, 0) is 9.53 Å². The van der Waals surface area contributed by atoms with Crippen LogP contribution in [0.4, 0.5) is 0 Å². The molecule has 1 heterocycles. The van der Waals surface area contributed by atoms with Gasteiger partial charge in [-0.3, -0.25) is 9.79 Å². The molecule has 2 aliphatic carbocycles. The smallest absolute Gasteiger partial charge is 0.226 e. The number of ether oxygens (including phenoxy) is 1. The molecular formula is C24H36N2O3. The van der Waals surface area contributed by atoms with Gasteiger partial charge in [-0.05, 0) is 81.8 Å². The second-order valence-electron chi connectivity index (χ2n) is 9.74. The molecule has 0 radical (unpaired) electrons. The van der Waals surface area contributed by atoms with Gasteiger partial charge in [0.05, 0.1) is 18.1 Å². The van der Waals surface area contributed by atoms with Gasteiger partial charge in [0.1, 0.15) is 0 Å². The lowest BCUT2D eigenvalue weighted by Crippen LogP contribution is -2.30. The van der Waals surface area contributed by atoms with Crippen LogP contribution in [0.1, 0.15) is 59.3 Å². The minimum absolute atomic E-state index is 0.296. The predicted molar refractivity (Wildman–Crippen MR) is 116 cm³/mol.